The number of aryl methyl sites for hydroxylation is 2. The second-order valence-electron chi connectivity index (χ2n) is 3.96. The summed E-state index contributed by atoms with van der Waals surface area (Å²) < 4.78 is 1.65. The minimum Gasteiger partial charge on any atom is -0.480 e. The number of nitrogens with zero attached hydrogens (tertiary/aromatic N) is 2. The lowest BCUT2D eigenvalue weighted by Gasteiger charge is -2.14. The van der Waals surface area contributed by atoms with E-state index in [1.54, 1.807) is 11.6 Å². The van der Waals surface area contributed by atoms with E-state index in [4.69, 9.17) is 16.7 Å². The molecule has 0 bridgehead atoms. The second kappa shape index (κ2) is 5.86. The summed E-state index contributed by atoms with van der Waals surface area (Å²) in [5.74, 6) is -1.49. The SMILES string of the molecule is CCn1nc(C)c(Cl)c1CC(NC(C)=O)C(=O)O. The van der Waals surface area contributed by atoms with Gasteiger partial charge in [0.05, 0.1) is 16.4 Å². The molecule has 1 atom stereocenters. The number of aromatic nitrogens is 2. The Hall–Kier alpha value is -1.56. The summed E-state index contributed by atoms with van der Waals surface area (Å²) in [5.41, 5.74) is 1.28. The molecule has 1 aromatic heterocycles. The Bertz CT molecular complexity index is 470. The Morgan fingerprint density at radius 2 is 2.17 bits per heavy atom. The van der Waals surface area contributed by atoms with Crippen molar-refractivity contribution in [2.45, 2.75) is 39.8 Å². The number of halogens is 1. The van der Waals surface area contributed by atoms with Crippen molar-refractivity contribution in [3.63, 3.8) is 0 Å². The molecule has 100 valence electrons. The number of carboxylic acids is 1. The third kappa shape index (κ3) is 3.22. The monoisotopic (exact) mass is 273 g/mol. The van der Waals surface area contributed by atoms with Gasteiger partial charge in [0, 0.05) is 19.9 Å². The van der Waals surface area contributed by atoms with E-state index in [-0.39, 0.29) is 6.42 Å². The van der Waals surface area contributed by atoms with Crippen molar-refractivity contribution in [2.75, 3.05) is 0 Å². The molecular formula is C11H16ClN3O3. The Kier molecular flexibility index (Phi) is 4.72. The van der Waals surface area contributed by atoms with Crippen LogP contribution in [-0.4, -0.2) is 32.8 Å². The molecule has 6 nitrogen and oxygen atoms in total. The maximum atomic E-state index is 11.1. The lowest BCUT2D eigenvalue weighted by molar-refractivity contribution is -0.141. The van der Waals surface area contributed by atoms with Crippen LogP contribution in [0.15, 0.2) is 0 Å². The first-order valence-electron chi connectivity index (χ1n) is 5.58. The summed E-state index contributed by atoms with van der Waals surface area (Å²) in [7, 11) is 0. The van der Waals surface area contributed by atoms with E-state index >= 15 is 0 Å². The van der Waals surface area contributed by atoms with Gasteiger partial charge in [0.2, 0.25) is 5.91 Å². The molecule has 2 N–H and O–H groups in total. The highest BCUT2D eigenvalue weighted by atomic mass is 35.5. The van der Waals surface area contributed by atoms with Crippen molar-refractivity contribution in [1.82, 2.24) is 15.1 Å². The van der Waals surface area contributed by atoms with Crippen LogP contribution in [-0.2, 0) is 22.6 Å². The number of nitrogens with one attached hydrogen (secondary N) is 1. The molecule has 0 radical (unpaired) electrons. The fraction of sp³-hybridized carbons (Fsp3) is 0.545. The molecule has 1 unspecified atom stereocenters. The van der Waals surface area contributed by atoms with Gasteiger partial charge in [-0.2, -0.15) is 5.10 Å². The maximum Gasteiger partial charge on any atom is 0.326 e. The Labute approximate surface area is 110 Å². The minimum atomic E-state index is -1.09. The Morgan fingerprint density at radius 3 is 2.61 bits per heavy atom. The largest absolute Gasteiger partial charge is 0.480 e. The van der Waals surface area contributed by atoms with Gasteiger partial charge in [-0.25, -0.2) is 4.79 Å². The van der Waals surface area contributed by atoms with Gasteiger partial charge in [-0.15, -0.1) is 0 Å². The molecule has 0 saturated carbocycles. The molecular weight excluding hydrogens is 258 g/mol. The summed E-state index contributed by atoms with van der Waals surface area (Å²) in [4.78, 5) is 22.0. The molecule has 0 aliphatic carbocycles. The number of hydrogen-bond acceptors (Lipinski definition) is 3. The number of hydrogen-bond donors (Lipinski definition) is 2. The average Bonchev–Trinajstić information content (AvgIpc) is 2.55. The predicted molar refractivity (Wildman–Crippen MR) is 66.6 cm³/mol. The lowest BCUT2D eigenvalue weighted by atomic mass is 10.1. The van der Waals surface area contributed by atoms with Gasteiger partial charge in [-0.3, -0.25) is 9.48 Å². The van der Waals surface area contributed by atoms with Gasteiger partial charge < -0.3 is 10.4 Å². The normalized spacial score (nSPS) is 12.2. The number of amides is 1. The average molecular weight is 274 g/mol. The number of carboxylic acid groups (broad SMARTS) is 1. The highest BCUT2D eigenvalue weighted by molar-refractivity contribution is 6.31. The van der Waals surface area contributed by atoms with Gasteiger partial charge >= 0.3 is 5.97 Å². The van der Waals surface area contributed by atoms with E-state index in [0.29, 0.717) is 23.0 Å². The highest BCUT2D eigenvalue weighted by Crippen LogP contribution is 2.21. The number of carbonyl (C=O) groups is 2. The van der Waals surface area contributed by atoms with Crippen LogP contribution in [0, 0.1) is 6.92 Å². The fourth-order valence-corrected chi connectivity index (χ4v) is 1.92. The molecule has 1 heterocycles. The Balaban J connectivity index is 2.99. The summed E-state index contributed by atoms with van der Waals surface area (Å²) in [6.45, 7) is 5.52. The van der Waals surface area contributed by atoms with Crippen LogP contribution < -0.4 is 5.32 Å². The van der Waals surface area contributed by atoms with Crippen LogP contribution in [0.25, 0.3) is 0 Å². The topological polar surface area (TPSA) is 84.2 Å². The van der Waals surface area contributed by atoms with E-state index in [0.717, 1.165) is 0 Å². The van der Waals surface area contributed by atoms with Gasteiger partial charge in [-0.1, -0.05) is 11.6 Å². The third-order valence-electron chi connectivity index (χ3n) is 2.53. The molecule has 0 aromatic carbocycles. The van der Waals surface area contributed by atoms with E-state index in [1.807, 2.05) is 6.92 Å². The van der Waals surface area contributed by atoms with E-state index in [2.05, 4.69) is 10.4 Å². The van der Waals surface area contributed by atoms with Gasteiger partial charge in [-0.05, 0) is 13.8 Å². The second-order valence-corrected chi connectivity index (χ2v) is 4.34. The molecule has 0 aliphatic heterocycles. The number of rotatable bonds is 5. The van der Waals surface area contributed by atoms with Gasteiger partial charge in [0.15, 0.2) is 0 Å². The maximum absolute atomic E-state index is 11.1. The first-order valence-corrected chi connectivity index (χ1v) is 5.96. The Morgan fingerprint density at radius 1 is 1.56 bits per heavy atom. The standard InChI is InChI=1S/C11H16ClN3O3/c1-4-15-9(10(12)6(2)14-15)5-8(11(17)18)13-7(3)16/h8H,4-5H2,1-3H3,(H,13,16)(H,17,18). The summed E-state index contributed by atoms with van der Waals surface area (Å²) in [5, 5.41) is 16.1. The molecule has 18 heavy (non-hydrogen) atoms. The first-order chi connectivity index (χ1) is 8.36. The van der Waals surface area contributed by atoms with E-state index in [9.17, 15) is 9.59 Å². The molecule has 0 saturated heterocycles. The highest BCUT2D eigenvalue weighted by Gasteiger charge is 2.23. The predicted octanol–water partition coefficient (Wildman–Crippen LogP) is 0.997. The smallest absolute Gasteiger partial charge is 0.326 e. The molecule has 0 aliphatic rings. The lowest BCUT2D eigenvalue weighted by Crippen LogP contribution is -2.41. The molecule has 0 spiro atoms. The molecule has 1 aromatic rings. The zero-order valence-corrected chi connectivity index (χ0v) is 11.3. The minimum absolute atomic E-state index is 0.114. The van der Waals surface area contributed by atoms with Crippen molar-refractivity contribution in [2.24, 2.45) is 0 Å². The van der Waals surface area contributed by atoms with Crippen LogP contribution in [0.2, 0.25) is 5.02 Å². The molecule has 0 fully saturated rings. The first kappa shape index (κ1) is 14.5. The number of aliphatic carboxylic acids is 1. The van der Waals surface area contributed by atoms with Crippen LogP contribution in [0.1, 0.15) is 25.2 Å². The quantitative estimate of drug-likeness (QED) is 0.838. The van der Waals surface area contributed by atoms with E-state index in [1.165, 1.54) is 6.92 Å². The van der Waals surface area contributed by atoms with Crippen molar-refractivity contribution < 1.29 is 14.7 Å². The van der Waals surface area contributed by atoms with Gasteiger partial charge in [0.25, 0.3) is 0 Å². The van der Waals surface area contributed by atoms with Crippen molar-refractivity contribution in [1.29, 1.82) is 0 Å². The van der Waals surface area contributed by atoms with E-state index < -0.39 is 17.9 Å². The van der Waals surface area contributed by atoms with Crippen LogP contribution in [0.5, 0.6) is 0 Å². The van der Waals surface area contributed by atoms with Crippen LogP contribution >= 0.6 is 11.6 Å². The summed E-state index contributed by atoms with van der Waals surface area (Å²) in [6.07, 6.45) is 0.114. The zero-order chi connectivity index (χ0) is 13.9. The van der Waals surface area contributed by atoms with Crippen molar-refractivity contribution in [3.8, 4) is 0 Å². The van der Waals surface area contributed by atoms with Crippen molar-refractivity contribution in [3.05, 3.63) is 16.4 Å². The fourth-order valence-electron chi connectivity index (χ4n) is 1.70. The zero-order valence-electron chi connectivity index (χ0n) is 10.5. The van der Waals surface area contributed by atoms with Crippen molar-refractivity contribution >= 4 is 23.5 Å². The number of carbonyl (C=O) groups excluding carboxylic acids is 1. The third-order valence-corrected chi connectivity index (χ3v) is 3.02. The van der Waals surface area contributed by atoms with Crippen LogP contribution in [0.3, 0.4) is 0 Å². The summed E-state index contributed by atoms with van der Waals surface area (Å²) in [6, 6.07) is -0.999. The van der Waals surface area contributed by atoms with Gasteiger partial charge in [0.1, 0.15) is 6.04 Å². The van der Waals surface area contributed by atoms with Crippen LogP contribution in [0.4, 0.5) is 0 Å². The summed E-state index contributed by atoms with van der Waals surface area (Å²) >= 11 is 6.09. The molecule has 1 rings (SSSR count). The molecule has 1 amide bonds. The molecule has 7 heteroatoms.